The summed E-state index contributed by atoms with van der Waals surface area (Å²) >= 11 is 0. The maximum Gasteiger partial charge on any atom is 0.333 e. The van der Waals surface area contributed by atoms with Crippen LogP contribution in [0.4, 0.5) is 5.82 Å². The second-order valence-corrected chi connectivity index (χ2v) is 8.30. The number of aromatic nitrogens is 4. The number of aryl methyl sites for hydroxylation is 1. The molecule has 2 atom stereocenters. The lowest BCUT2D eigenvalue weighted by molar-refractivity contribution is 0.253. The van der Waals surface area contributed by atoms with Gasteiger partial charge in [-0.1, -0.05) is 5.16 Å². The minimum atomic E-state index is -3.90. The number of hydrogen-bond donors (Lipinski definition) is 2. The highest BCUT2D eigenvalue weighted by atomic mass is 32.2. The Labute approximate surface area is 162 Å². The van der Waals surface area contributed by atoms with E-state index in [0.29, 0.717) is 6.54 Å². The average molecular weight is 406 g/mol. The van der Waals surface area contributed by atoms with Crippen LogP contribution in [-0.4, -0.2) is 34.7 Å². The van der Waals surface area contributed by atoms with Crippen molar-refractivity contribution in [3.63, 3.8) is 0 Å². The average Bonchev–Trinajstić information content (AvgIpc) is 3.36. The van der Waals surface area contributed by atoms with Gasteiger partial charge in [0.1, 0.15) is 29.2 Å². The Hall–Kier alpha value is -2.50. The number of nitrogens with one attached hydrogen (secondary N) is 1. The summed E-state index contributed by atoms with van der Waals surface area (Å²) in [4.78, 5) is 8.79. The maximum atomic E-state index is 11.0. The molecule has 150 valence electrons. The molecule has 0 amide bonds. The van der Waals surface area contributed by atoms with Crippen LogP contribution in [0.25, 0.3) is 11.0 Å². The molecule has 11 heteroatoms. The van der Waals surface area contributed by atoms with Gasteiger partial charge in [-0.3, -0.25) is 4.18 Å². The van der Waals surface area contributed by atoms with E-state index in [-0.39, 0.29) is 18.6 Å². The van der Waals surface area contributed by atoms with Gasteiger partial charge in [-0.05, 0) is 38.2 Å². The summed E-state index contributed by atoms with van der Waals surface area (Å²) in [6.45, 7) is 2.47. The molecule has 4 rings (SSSR count). The molecule has 3 aromatic heterocycles. The Morgan fingerprint density at radius 1 is 1.39 bits per heavy atom. The zero-order chi connectivity index (χ0) is 19.7. The fraction of sp³-hybridized carbons (Fsp3) is 0.471. The Morgan fingerprint density at radius 3 is 3.00 bits per heavy atom. The van der Waals surface area contributed by atoms with Gasteiger partial charge >= 0.3 is 10.3 Å². The standard InChI is InChI=1S/C17H22N6O4S/c1-11-6-13(22-27-11)8-19-16-15-4-5-23(17(15)21-10-20-16)14-3-2-12(7-14)9-26-28(18,24)25/h4-6,10,12,14H,2-3,7-9H2,1H3,(H2,18,24,25)(H,19,20,21)/t12-,14-/m0/s1. The van der Waals surface area contributed by atoms with Gasteiger partial charge in [0.05, 0.1) is 18.5 Å². The SMILES string of the molecule is Cc1cc(CNc2ncnc3c2ccn3[C@H]2CC[C@H](COS(N)(=O)=O)C2)no1. The van der Waals surface area contributed by atoms with Gasteiger partial charge in [0.2, 0.25) is 0 Å². The zero-order valence-electron chi connectivity index (χ0n) is 15.4. The molecular formula is C17H22N6O4S. The predicted octanol–water partition coefficient (Wildman–Crippen LogP) is 1.90. The minimum absolute atomic E-state index is 0.118. The molecule has 28 heavy (non-hydrogen) atoms. The number of anilines is 1. The Kier molecular flexibility index (Phi) is 5.04. The van der Waals surface area contributed by atoms with Crippen LogP contribution in [0.5, 0.6) is 0 Å². The van der Waals surface area contributed by atoms with Crippen molar-refractivity contribution in [3.8, 4) is 0 Å². The van der Waals surface area contributed by atoms with Crippen molar-refractivity contribution in [2.75, 3.05) is 11.9 Å². The van der Waals surface area contributed by atoms with Crippen LogP contribution in [0.3, 0.4) is 0 Å². The molecule has 0 bridgehead atoms. The van der Waals surface area contributed by atoms with E-state index in [0.717, 1.165) is 47.6 Å². The highest BCUT2D eigenvalue weighted by Crippen LogP contribution is 2.37. The van der Waals surface area contributed by atoms with Crippen LogP contribution in [0.1, 0.15) is 36.8 Å². The van der Waals surface area contributed by atoms with Gasteiger partial charge in [-0.25, -0.2) is 15.1 Å². The van der Waals surface area contributed by atoms with Crippen molar-refractivity contribution < 1.29 is 17.1 Å². The summed E-state index contributed by atoms with van der Waals surface area (Å²) in [6.07, 6.45) is 6.14. The lowest BCUT2D eigenvalue weighted by atomic mass is 10.1. The molecule has 0 aromatic carbocycles. The summed E-state index contributed by atoms with van der Waals surface area (Å²) in [5, 5.41) is 13.1. The third-order valence-electron chi connectivity index (χ3n) is 5.00. The molecule has 0 saturated heterocycles. The molecule has 0 radical (unpaired) electrons. The van der Waals surface area contributed by atoms with Crippen LogP contribution in [0.2, 0.25) is 0 Å². The molecule has 3 heterocycles. The lowest BCUT2D eigenvalue weighted by Crippen LogP contribution is -2.19. The van der Waals surface area contributed by atoms with E-state index in [1.165, 1.54) is 6.33 Å². The monoisotopic (exact) mass is 406 g/mol. The van der Waals surface area contributed by atoms with Crippen molar-refractivity contribution in [1.82, 2.24) is 19.7 Å². The molecule has 10 nitrogen and oxygen atoms in total. The normalized spacial score (nSPS) is 20.1. The molecule has 1 aliphatic carbocycles. The van der Waals surface area contributed by atoms with Crippen molar-refractivity contribution in [3.05, 3.63) is 36.1 Å². The molecule has 1 fully saturated rings. The molecule has 1 aliphatic rings. The third kappa shape index (κ3) is 4.16. The van der Waals surface area contributed by atoms with Gasteiger partial charge in [-0.2, -0.15) is 8.42 Å². The first-order valence-corrected chi connectivity index (χ1v) is 10.5. The molecule has 0 unspecified atom stereocenters. The van der Waals surface area contributed by atoms with Crippen molar-refractivity contribution in [2.24, 2.45) is 11.1 Å². The van der Waals surface area contributed by atoms with E-state index in [4.69, 9.17) is 13.8 Å². The van der Waals surface area contributed by atoms with Gasteiger partial charge in [0.15, 0.2) is 0 Å². The number of hydrogen-bond acceptors (Lipinski definition) is 8. The topological polar surface area (TPSA) is 138 Å². The summed E-state index contributed by atoms with van der Waals surface area (Å²) in [5.74, 6) is 1.64. The van der Waals surface area contributed by atoms with Crippen LogP contribution >= 0.6 is 0 Å². The molecule has 0 spiro atoms. The minimum Gasteiger partial charge on any atom is -0.364 e. The van der Waals surface area contributed by atoms with E-state index in [9.17, 15) is 8.42 Å². The predicted molar refractivity (Wildman–Crippen MR) is 102 cm³/mol. The Morgan fingerprint density at radius 2 is 2.25 bits per heavy atom. The maximum absolute atomic E-state index is 11.0. The first-order valence-electron chi connectivity index (χ1n) is 9.04. The first-order chi connectivity index (χ1) is 13.4. The second kappa shape index (κ2) is 7.49. The van der Waals surface area contributed by atoms with Gasteiger partial charge in [0, 0.05) is 18.3 Å². The number of nitrogens with two attached hydrogens (primary N) is 1. The number of fused-ring (bicyclic) bond motifs is 1. The highest BCUT2D eigenvalue weighted by Gasteiger charge is 2.28. The lowest BCUT2D eigenvalue weighted by Gasteiger charge is -2.14. The fourth-order valence-corrected chi connectivity index (χ4v) is 4.11. The van der Waals surface area contributed by atoms with Crippen molar-refractivity contribution in [2.45, 2.75) is 38.8 Å². The quantitative estimate of drug-likeness (QED) is 0.607. The second-order valence-electron chi connectivity index (χ2n) is 7.08. The zero-order valence-corrected chi connectivity index (χ0v) is 16.2. The smallest absolute Gasteiger partial charge is 0.333 e. The summed E-state index contributed by atoms with van der Waals surface area (Å²) in [5.41, 5.74) is 1.64. The number of rotatable bonds is 7. The molecule has 0 aliphatic heterocycles. The largest absolute Gasteiger partial charge is 0.364 e. The van der Waals surface area contributed by atoms with Gasteiger partial charge in [0.25, 0.3) is 0 Å². The van der Waals surface area contributed by atoms with Crippen molar-refractivity contribution in [1.29, 1.82) is 0 Å². The Bertz CT molecular complexity index is 1080. The highest BCUT2D eigenvalue weighted by molar-refractivity contribution is 7.84. The van der Waals surface area contributed by atoms with Crippen LogP contribution in [0, 0.1) is 12.8 Å². The van der Waals surface area contributed by atoms with E-state index in [1.807, 2.05) is 25.3 Å². The van der Waals surface area contributed by atoms with E-state index in [1.54, 1.807) is 0 Å². The van der Waals surface area contributed by atoms with Crippen LogP contribution in [0.15, 0.2) is 29.2 Å². The third-order valence-corrected chi connectivity index (χ3v) is 5.46. The van der Waals surface area contributed by atoms with E-state index < -0.39 is 10.3 Å². The molecule has 3 aromatic rings. The van der Waals surface area contributed by atoms with Gasteiger partial charge < -0.3 is 14.4 Å². The molecule has 3 N–H and O–H groups in total. The first kappa shape index (κ1) is 18.8. The molecule has 1 saturated carbocycles. The fourth-order valence-electron chi connectivity index (χ4n) is 3.73. The summed E-state index contributed by atoms with van der Waals surface area (Å²) in [7, 11) is -3.90. The summed E-state index contributed by atoms with van der Waals surface area (Å²) in [6, 6.07) is 4.09. The van der Waals surface area contributed by atoms with Crippen LogP contribution in [-0.2, 0) is 21.0 Å². The summed E-state index contributed by atoms with van der Waals surface area (Å²) < 4.78 is 33.9. The van der Waals surface area contributed by atoms with E-state index in [2.05, 4.69) is 25.0 Å². The molecular weight excluding hydrogens is 384 g/mol. The van der Waals surface area contributed by atoms with E-state index >= 15 is 0 Å². The van der Waals surface area contributed by atoms with Crippen molar-refractivity contribution >= 4 is 27.2 Å². The number of nitrogens with zero attached hydrogens (tertiary/aromatic N) is 4. The van der Waals surface area contributed by atoms with Gasteiger partial charge in [-0.15, -0.1) is 0 Å². The van der Waals surface area contributed by atoms with Crippen LogP contribution < -0.4 is 10.5 Å². The Balaban J connectivity index is 1.47.